The number of halogens is 8. The summed E-state index contributed by atoms with van der Waals surface area (Å²) >= 11 is 0. The van der Waals surface area contributed by atoms with Crippen molar-refractivity contribution in [2.24, 2.45) is 5.92 Å². The average Bonchev–Trinajstić information content (AvgIpc) is 1.98. The molecule has 1 nitrogen and oxygen atoms in total. The maximum Gasteiger partial charge on any atom is 0.413 e. The Kier molecular flexibility index (Phi) is 4.55. The van der Waals surface area contributed by atoms with E-state index >= 15 is 0 Å². The predicted octanol–water partition coefficient (Wildman–Crippen LogP) is 4.26. The summed E-state index contributed by atoms with van der Waals surface area (Å²) in [7, 11) is 0. The van der Waals surface area contributed by atoms with Gasteiger partial charge in [0.25, 0.3) is 0 Å². The van der Waals surface area contributed by atoms with Crippen molar-refractivity contribution in [1.82, 2.24) is 0 Å². The van der Waals surface area contributed by atoms with Crippen molar-refractivity contribution < 1.29 is 39.9 Å². The molecule has 0 saturated heterocycles. The molecular weight excluding hydrogens is 264 g/mol. The Bertz CT molecular complexity index is 282. The third kappa shape index (κ3) is 4.14. The maximum atomic E-state index is 12.8. The van der Waals surface area contributed by atoms with Crippen molar-refractivity contribution >= 4 is 0 Å². The number of alkyl halides is 7. The summed E-state index contributed by atoms with van der Waals surface area (Å²) in [5.74, 6) is -6.06. The molecule has 0 aromatic rings. The van der Waals surface area contributed by atoms with Gasteiger partial charge in [-0.1, -0.05) is 13.5 Å². The van der Waals surface area contributed by atoms with E-state index in [0.29, 0.717) is 6.92 Å². The van der Waals surface area contributed by atoms with E-state index in [2.05, 4.69) is 4.74 Å². The maximum absolute atomic E-state index is 12.8. The van der Waals surface area contributed by atoms with E-state index in [1.54, 1.807) is 0 Å². The third-order valence-electron chi connectivity index (χ3n) is 1.79. The molecule has 102 valence electrons. The minimum atomic E-state index is -5.45. The molecule has 0 bridgehead atoms. The SMILES string of the molecule is C=C(F)C(F)(F)OC(F)(F)C(CC)C(F)(F)F. The summed E-state index contributed by atoms with van der Waals surface area (Å²) < 4.78 is 101. The van der Waals surface area contributed by atoms with Crippen LogP contribution in [0.25, 0.3) is 0 Å². The molecule has 1 atom stereocenters. The molecule has 0 spiro atoms. The zero-order valence-corrected chi connectivity index (χ0v) is 8.42. The Balaban J connectivity index is 5.07. The second kappa shape index (κ2) is 4.79. The van der Waals surface area contributed by atoms with Gasteiger partial charge in [-0.2, -0.15) is 30.7 Å². The highest BCUT2D eigenvalue weighted by atomic mass is 19.4. The summed E-state index contributed by atoms with van der Waals surface area (Å²) in [6.07, 6.45) is -17.1. The molecule has 0 amide bonds. The topological polar surface area (TPSA) is 9.23 Å². The first-order valence-corrected chi connectivity index (χ1v) is 4.22. The molecule has 0 aromatic heterocycles. The van der Waals surface area contributed by atoms with Crippen LogP contribution in [0.15, 0.2) is 12.4 Å². The fourth-order valence-corrected chi connectivity index (χ4v) is 0.957. The molecule has 0 heterocycles. The lowest BCUT2D eigenvalue weighted by molar-refractivity contribution is -0.409. The van der Waals surface area contributed by atoms with Gasteiger partial charge in [0.05, 0.1) is 0 Å². The molecule has 1 unspecified atom stereocenters. The van der Waals surface area contributed by atoms with Gasteiger partial charge >= 0.3 is 18.4 Å². The Hall–Kier alpha value is -0.860. The smallest absolute Gasteiger partial charge is 0.249 e. The van der Waals surface area contributed by atoms with E-state index in [1.165, 1.54) is 0 Å². The van der Waals surface area contributed by atoms with Crippen LogP contribution in [-0.4, -0.2) is 18.4 Å². The molecule has 9 heteroatoms. The van der Waals surface area contributed by atoms with Crippen LogP contribution in [-0.2, 0) is 4.74 Å². The molecule has 0 saturated carbocycles. The Morgan fingerprint density at radius 2 is 1.53 bits per heavy atom. The van der Waals surface area contributed by atoms with E-state index in [1.807, 2.05) is 6.58 Å². The van der Waals surface area contributed by atoms with E-state index in [4.69, 9.17) is 0 Å². The summed E-state index contributed by atoms with van der Waals surface area (Å²) in [6, 6.07) is 0. The summed E-state index contributed by atoms with van der Waals surface area (Å²) in [6.45, 7) is 2.71. The molecule has 0 aliphatic heterocycles. The molecule has 0 fully saturated rings. The lowest BCUT2D eigenvalue weighted by atomic mass is 10.1. The van der Waals surface area contributed by atoms with Gasteiger partial charge in [-0.3, -0.25) is 0 Å². The van der Waals surface area contributed by atoms with Crippen LogP contribution >= 0.6 is 0 Å². The average molecular weight is 272 g/mol. The van der Waals surface area contributed by atoms with Gasteiger partial charge in [0, 0.05) is 0 Å². The van der Waals surface area contributed by atoms with Gasteiger partial charge in [-0.25, -0.2) is 9.13 Å². The van der Waals surface area contributed by atoms with Crippen molar-refractivity contribution in [3.05, 3.63) is 12.4 Å². The van der Waals surface area contributed by atoms with Crippen LogP contribution in [0.2, 0.25) is 0 Å². The van der Waals surface area contributed by atoms with Gasteiger partial charge < -0.3 is 0 Å². The second-order valence-corrected chi connectivity index (χ2v) is 3.09. The number of hydrogen-bond acceptors (Lipinski definition) is 1. The minimum Gasteiger partial charge on any atom is -0.249 e. The quantitative estimate of drug-likeness (QED) is 0.679. The van der Waals surface area contributed by atoms with Crippen molar-refractivity contribution in [2.45, 2.75) is 31.7 Å². The number of ether oxygens (including phenoxy) is 1. The molecule has 17 heavy (non-hydrogen) atoms. The van der Waals surface area contributed by atoms with Crippen LogP contribution < -0.4 is 0 Å². The number of hydrogen-bond donors (Lipinski definition) is 0. The van der Waals surface area contributed by atoms with Crippen molar-refractivity contribution in [3.8, 4) is 0 Å². The van der Waals surface area contributed by atoms with Crippen LogP contribution in [0.5, 0.6) is 0 Å². The first-order valence-electron chi connectivity index (χ1n) is 4.22. The summed E-state index contributed by atoms with van der Waals surface area (Å²) in [4.78, 5) is 0. The van der Waals surface area contributed by atoms with Gasteiger partial charge in [-0.15, -0.1) is 0 Å². The van der Waals surface area contributed by atoms with Crippen molar-refractivity contribution in [1.29, 1.82) is 0 Å². The van der Waals surface area contributed by atoms with Gasteiger partial charge in [0.1, 0.15) is 5.92 Å². The Morgan fingerprint density at radius 3 is 1.76 bits per heavy atom. The zero-order chi connectivity index (χ0) is 14.1. The molecule has 0 radical (unpaired) electrons. The Morgan fingerprint density at radius 1 is 1.12 bits per heavy atom. The van der Waals surface area contributed by atoms with Gasteiger partial charge in [-0.05, 0) is 6.42 Å². The highest BCUT2D eigenvalue weighted by Gasteiger charge is 2.60. The van der Waals surface area contributed by atoms with E-state index < -0.39 is 36.6 Å². The predicted molar refractivity (Wildman–Crippen MR) is 41.1 cm³/mol. The zero-order valence-electron chi connectivity index (χ0n) is 8.42. The summed E-state index contributed by atoms with van der Waals surface area (Å²) in [5, 5.41) is 0. The highest BCUT2D eigenvalue weighted by Crippen LogP contribution is 2.44. The molecule has 0 aromatic carbocycles. The molecular formula is C8H8F8O. The Labute approximate surface area is 91.0 Å². The number of rotatable bonds is 5. The first-order chi connectivity index (χ1) is 7.34. The monoisotopic (exact) mass is 272 g/mol. The van der Waals surface area contributed by atoms with Crippen LogP contribution in [0.4, 0.5) is 35.1 Å². The molecule has 0 N–H and O–H groups in total. The fraction of sp³-hybridized carbons (Fsp3) is 0.750. The normalized spacial score (nSPS) is 15.8. The highest BCUT2D eigenvalue weighted by molar-refractivity contribution is 4.92. The fourth-order valence-electron chi connectivity index (χ4n) is 0.957. The lowest BCUT2D eigenvalue weighted by Crippen LogP contribution is -2.45. The third-order valence-corrected chi connectivity index (χ3v) is 1.79. The second-order valence-electron chi connectivity index (χ2n) is 3.09. The lowest BCUT2D eigenvalue weighted by Gasteiger charge is -2.29. The first kappa shape index (κ1) is 16.1. The van der Waals surface area contributed by atoms with E-state index in [-0.39, 0.29) is 0 Å². The summed E-state index contributed by atoms with van der Waals surface area (Å²) in [5.41, 5.74) is 0. The van der Waals surface area contributed by atoms with Crippen molar-refractivity contribution in [3.63, 3.8) is 0 Å². The van der Waals surface area contributed by atoms with Crippen LogP contribution in [0.1, 0.15) is 13.3 Å². The van der Waals surface area contributed by atoms with Crippen molar-refractivity contribution in [2.75, 3.05) is 0 Å². The van der Waals surface area contributed by atoms with Crippen LogP contribution in [0.3, 0.4) is 0 Å². The van der Waals surface area contributed by atoms with Gasteiger partial charge in [0.2, 0.25) is 0 Å². The molecule has 0 rings (SSSR count). The minimum absolute atomic E-state index is 0.706. The standard InChI is InChI=1S/C8H8F8O/c1-3-5(6(10,11)12)8(15,16)17-7(13,14)4(2)9/h5H,2-3H2,1H3. The molecule has 0 aliphatic rings. The van der Waals surface area contributed by atoms with E-state index in [0.717, 1.165) is 0 Å². The molecule has 0 aliphatic carbocycles. The van der Waals surface area contributed by atoms with E-state index in [9.17, 15) is 35.1 Å². The van der Waals surface area contributed by atoms with Crippen LogP contribution in [0, 0.1) is 5.92 Å². The van der Waals surface area contributed by atoms with Gasteiger partial charge in [0.15, 0.2) is 5.83 Å². The largest absolute Gasteiger partial charge is 0.413 e.